The molecule has 0 aromatic carbocycles. The highest BCUT2D eigenvalue weighted by molar-refractivity contribution is 5.85. The molecule has 1 rings (SSSR count). The van der Waals surface area contributed by atoms with Gasteiger partial charge in [0.05, 0.1) is 6.04 Å². The van der Waals surface area contributed by atoms with Crippen molar-refractivity contribution in [3.63, 3.8) is 0 Å². The number of ketones is 1. The van der Waals surface area contributed by atoms with Crippen molar-refractivity contribution in [2.45, 2.75) is 46.2 Å². The van der Waals surface area contributed by atoms with Crippen molar-refractivity contribution in [1.29, 1.82) is 0 Å². The van der Waals surface area contributed by atoms with Gasteiger partial charge in [0.25, 0.3) is 0 Å². The number of rotatable bonds is 8. The number of carbonyl (C=O) groups excluding carboxylic acids is 1. The minimum absolute atomic E-state index is 0.0601. The molecule has 5 nitrogen and oxygen atoms in total. The standard InChI is InChI=1S/C13H24N4O/c1-9(2)12(18)11(17-10(3)4)5-6-14-13-15-7-8-16-13/h7-11,17H,5-6H2,1-4H3,(H2,14,15,16). The highest BCUT2D eigenvalue weighted by Crippen LogP contribution is 2.06. The maximum absolute atomic E-state index is 12.1. The Balaban J connectivity index is 2.43. The Kier molecular flexibility index (Phi) is 5.85. The van der Waals surface area contributed by atoms with E-state index in [1.165, 1.54) is 0 Å². The molecule has 1 atom stereocenters. The summed E-state index contributed by atoms with van der Waals surface area (Å²) in [5, 5.41) is 6.48. The van der Waals surface area contributed by atoms with E-state index in [-0.39, 0.29) is 17.7 Å². The van der Waals surface area contributed by atoms with Crippen LogP contribution in [0.5, 0.6) is 0 Å². The third-order valence-corrected chi connectivity index (χ3v) is 2.67. The van der Waals surface area contributed by atoms with E-state index in [9.17, 15) is 4.79 Å². The second kappa shape index (κ2) is 7.16. The SMILES string of the molecule is CC(C)NC(CCNc1ncc[nH]1)C(=O)C(C)C. The number of anilines is 1. The minimum Gasteiger partial charge on any atom is -0.356 e. The summed E-state index contributed by atoms with van der Waals surface area (Å²) in [4.78, 5) is 19.1. The first-order valence-corrected chi connectivity index (χ1v) is 6.53. The van der Waals surface area contributed by atoms with Crippen molar-refractivity contribution in [3.8, 4) is 0 Å². The van der Waals surface area contributed by atoms with E-state index in [1.807, 2.05) is 13.8 Å². The molecule has 0 aliphatic rings. The van der Waals surface area contributed by atoms with E-state index >= 15 is 0 Å². The van der Waals surface area contributed by atoms with Crippen LogP contribution in [0.1, 0.15) is 34.1 Å². The van der Waals surface area contributed by atoms with Gasteiger partial charge in [-0.25, -0.2) is 4.98 Å². The van der Waals surface area contributed by atoms with Gasteiger partial charge in [-0.3, -0.25) is 4.79 Å². The van der Waals surface area contributed by atoms with Gasteiger partial charge in [-0.15, -0.1) is 0 Å². The molecule has 0 bridgehead atoms. The molecule has 0 saturated carbocycles. The Hall–Kier alpha value is -1.36. The van der Waals surface area contributed by atoms with Crippen molar-refractivity contribution < 1.29 is 4.79 Å². The van der Waals surface area contributed by atoms with Gasteiger partial charge in [0.15, 0.2) is 11.7 Å². The first-order chi connectivity index (χ1) is 8.50. The minimum atomic E-state index is -0.0903. The molecule has 18 heavy (non-hydrogen) atoms. The Bertz CT molecular complexity index is 346. The molecular weight excluding hydrogens is 228 g/mol. The Morgan fingerprint density at radius 1 is 1.39 bits per heavy atom. The molecule has 0 aliphatic carbocycles. The van der Waals surface area contributed by atoms with E-state index in [4.69, 9.17) is 0 Å². The smallest absolute Gasteiger partial charge is 0.200 e. The lowest BCUT2D eigenvalue weighted by molar-refractivity contribution is -0.124. The fourth-order valence-electron chi connectivity index (χ4n) is 1.81. The van der Waals surface area contributed by atoms with Crippen LogP contribution >= 0.6 is 0 Å². The predicted octanol–water partition coefficient (Wildman–Crippen LogP) is 1.80. The van der Waals surface area contributed by atoms with E-state index in [2.05, 4.69) is 34.4 Å². The van der Waals surface area contributed by atoms with Crippen LogP contribution in [-0.4, -0.2) is 34.4 Å². The summed E-state index contributed by atoms with van der Waals surface area (Å²) < 4.78 is 0. The van der Waals surface area contributed by atoms with E-state index in [0.29, 0.717) is 6.04 Å². The summed E-state index contributed by atoms with van der Waals surface area (Å²) in [5.74, 6) is 1.07. The third kappa shape index (κ3) is 4.87. The Morgan fingerprint density at radius 2 is 2.11 bits per heavy atom. The zero-order valence-corrected chi connectivity index (χ0v) is 11.7. The zero-order valence-electron chi connectivity index (χ0n) is 11.7. The molecule has 3 N–H and O–H groups in total. The topological polar surface area (TPSA) is 69.8 Å². The molecule has 0 amide bonds. The number of Topliss-reactive ketones (excluding diaryl/α,β-unsaturated/α-hetero) is 1. The number of aromatic amines is 1. The van der Waals surface area contributed by atoms with Crippen LogP contribution in [0.2, 0.25) is 0 Å². The average Bonchev–Trinajstić information content (AvgIpc) is 2.79. The summed E-state index contributed by atoms with van der Waals surface area (Å²) in [5.41, 5.74) is 0. The van der Waals surface area contributed by atoms with E-state index in [0.717, 1.165) is 18.9 Å². The fourth-order valence-corrected chi connectivity index (χ4v) is 1.81. The van der Waals surface area contributed by atoms with Gasteiger partial charge >= 0.3 is 0 Å². The van der Waals surface area contributed by atoms with Crippen molar-refractivity contribution in [1.82, 2.24) is 15.3 Å². The molecule has 0 saturated heterocycles. The average molecular weight is 252 g/mol. The number of H-pyrrole nitrogens is 1. The molecule has 0 fully saturated rings. The van der Waals surface area contributed by atoms with Crippen molar-refractivity contribution in [3.05, 3.63) is 12.4 Å². The van der Waals surface area contributed by atoms with Gasteiger partial charge < -0.3 is 15.6 Å². The Morgan fingerprint density at radius 3 is 2.61 bits per heavy atom. The number of imidazole rings is 1. The van der Waals surface area contributed by atoms with E-state index in [1.54, 1.807) is 12.4 Å². The maximum atomic E-state index is 12.1. The van der Waals surface area contributed by atoms with E-state index < -0.39 is 0 Å². The van der Waals surface area contributed by atoms with Crippen LogP contribution in [0, 0.1) is 5.92 Å². The van der Waals surface area contributed by atoms with Gasteiger partial charge in [0.2, 0.25) is 0 Å². The molecule has 0 aliphatic heterocycles. The van der Waals surface area contributed by atoms with Crippen LogP contribution in [0.4, 0.5) is 5.95 Å². The van der Waals surface area contributed by atoms with Crippen molar-refractivity contribution >= 4 is 11.7 Å². The number of carbonyl (C=O) groups is 1. The van der Waals surface area contributed by atoms with Gasteiger partial charge in [-0.2, -0.15) is 0 Å². The van der Waals surface area contributed by atoms with Crippen LogP contribution in [-0.2, 0) is 4.79 Å². The second-order valence-corrected chi connectivity index (χ2v) is 5.08. The third-order valence-electron chi connectivity index (χ3n) is 2.67. The molecule has 0 spiro atoms. The molecule has 1 aromatic heterocycles. The maximum Gasteiger partial charge on any atom is 0.200 e. The van der Waals surface area contributed by atoms with Crippen LogP contribution in [0.25, 0.3) is 0 Å². The number of hydrogen-bond acceptors (Lipinski definition) is 4. The molecule has 0 radical (unpaired) electrons. The molecule has 5 heteroatoms. The summed E-state index contributed by atoms with van der Waals surface area (Å²) >= 11 is 0. The molecule has 102 valence electrons. The summed E-state index contributed by atoms with van der Waals surface area (Å²) in [6.07, 6.45) is 4.23. The van der Waals surface area contributed by atoms with Crippen LogP contribution < -0.4 is 10.6 Å². The number of aromatic nitrogens is 2. The van der Waals surface area contributed by atoms with Gasteiger partial charge in [0, 0.05) is 30.9 Å². The fraction of sp³-hybridized carbons (Fsp3) is 0.692. The lowest BCUT2D eigenvalue weighted by Gasteiger charge is -2.22. The lowest BCUT2D eigenvalue weighted by Crippen LogP contribution is -2.43. The number of hydrogen-bond donors (Lipinski definition) is 3. The predicted molar refractivity (Wildman–Crippen MR) is 73.6 cm³/mol. The molecule has 1 unspecified atom stereocenters. The first kappa shape index (κ1) is 14.7. The zero-order chi connectivity index (χ0) is 13.5. The van der Waals surface area contributed by atoms with Crippen LogP contribution in [0.15, 0.2) is 12.4 Å². The molecule has 1 aromatic rings. The number of nitrogens with one attached hydrogen (secondary N) is 3. The first-order valence-electron chi connectivity index (χ1n) is 6.53. The normalized spacial score (nSPS) is 13.0. The largest absolute Gasteiger partial charge is 0.356 e. The monoisotopic (exact) mass is 252 g/mol. The summed E-state index contributed by atoms with van der Waals surface area (Å²) in [7, 11) is 0. The van der Waals surface area contributed by atoms with Crippen molar-refractivity contribution in [2.24, 2.45) is 5.92 Å². The van der Waals surface area contributed by atoms with Gasteiger partial charge in [-0.05, 0) is 6.42 Å². The summed E-state index contributed by atoms with van der Waals surface area (Å²) in [6, 6.07) is 0.216. The second-order valence-electron chi connectivity index (χ2n) is 5.08. The molecular formula is C13H24N4O. The highest BCUT2D eigenvalue weighted by atomic mass is 16.1. The highest BCUT2D eigenvalue weighted by Gasteiger charge is 2.21. The summed E-state index contributed by atoms with van der Waals surface area (Å²) in [6.45, 7) is 8.71. The van der Waals surface area contributed by atoms with Gasteiger partial charge in [-0.1, -0.05) is 27.7 Å². The molecule has 1 heterocycles. The Labute approximate surface area is 109 Å². The quantitative estimate of drug-likeness (QED) is 0.660. The van der Waals surface area contributed by atoms with Gasteiger partial charge in [0.1, 0.15) is 0 Å². The number of nitrogens with zero attached hydrogens (tertiary/aromatic N) is 1. The lowest BCUT2D eigenvalue weighted by atomic mass is 9.98. The van der Waals surface area contributed by atoms with Crippen molar-refractivity contribution in [2.75, 3.05) is 11.9 Å². The van der Waals surface area contributed by atoms with Crippen LogP contribution in [0.3, 0.4) is 0 Å².